The number of hydrogen-bond acceptors (Lipinski definition) is 6. The summed E-state index contributed by atoms with van der Waals surface area (Å²) in [7, 11) is 0. The molecule has 0 spiro atoms. The van der Waals surface area contributed by atoms with E-state index in [0.29, 0.717) is 52.9 Å². The molecule has 2 atom stereocenters. The Kier molecular flexibility index (Phi) is 11.8. The largest absolute Gasteiger partial charge is 0.374 e. The number of ether oxygens (including phenoxy) is 6. The summed E-state index contributed by atoms with van der Waals surface area (Å²) in [6.45, 7) is 12.5. The molecule has 0 unspecified atom stereocenters. The van der Waals surface area contributed by atoms with E-state index in [4.69, 9.17) is 28.4 Å². The van der Waals surface area contributed by atoms with E-state index in [9.17, 15) is 0 Å². The van der Waals surface area contributed by atoms with Gasteiger partial charge in [-0.05, 0) is 51.7 Å². The second-order valence-electron chi connectivity index (χ2n) is 10.2. The molecule has 6 nitrogen and oxygen atoms in total. The highest BCUT2D eigenvalue weighted by Crippen LogP contribution is 2.29. The van der Waals surface area contributed by atoms with Crippen molar-refractivity contribution in [2.24, 2.45) is 0 Å². The third-order valence-electron chi connectivity index (χ3n) is 6.82. The Labute approximate surface area is 217 Å². The van der Waals surface area contributed by atoms with Crippen molar-refractivity contribution in [1.29, 1.82) is 0 Å². The van der Waals surface area contributed by atoms with Crippen LogP contribution in [0.4, 0.5) is 0 Å². The summed E-state index contributed by atoms with van der Waals surface area (Å²) in [6, 6.07) is 20.3. The van der Waals surface area contributed by atoms with Gasteiger partial charge in [0.25, 0.3) is 0 Å². The standard InChI is InChI=1S/C30H44O6/c1-29(2)30(3,4)36-20-12-18-34-28(24-32-22-26-15-9-6-10-16-26)27(33-17-11-19-35-29)23-31-21-25-13-7-5-8-14-25/h5-10,13-16,27-28H,11-12,17-24H2,1-4H3/t27-,28-/m0/s1. The first kappa shape index (κ1) is 28.8. The third kappa shape index (κ3) is 9.58. The molecule has 6 heteroatoms. The van der Waals surface area contributed by atoms with Gasteiger partial charge in [0.2, 0.25) is 0 Å². The van der Waals surface area contributed by atoms with Crippen LogP contribution < -0.4 is 0 Å². The average molecular weight is 501 g/mol. The van der Waals surface area contributed by atoms with E-state index in [0.717, 1.165) is 24.0 Å². The second kappa shape index (κ2) is 14.8. The maximum atomic E-state index is 6.32. The zero-order valence-electron chi connectivity index (χ0n) is 22.4. The molecule has 1 saturated heterocycles. The average Bonchev–Trinajstić information content (AvgIpc) is 2.87. The summed E-state index contributed by atoms with van der Waals surface area (Å²) in [6.07, 6.45) is 1.04. The molecule has 2 aromatic rings. The lowest BCUT2D eigenvalue weighted by atomic mass is 9.89. The minimum atomic E-state index is -0.413. The smallest absolute Gasteiger partial charge is 0.109 e. The quantitative estimate of drug-likeness (QED) is 0.472. The van der Waals surface area contributed by atoms with E-state index in [-0.39, 0.29) is 12.2 Å². The van der Waals surface area contributed by atoms with Crippen molar-refractivity contribution in [3.63, 3.8) is 0 Å². The lowest BCUT2D eigenvalue weighted by Crippen LogP contribution is -2.50. The van der Waals surface area contributed by atoms with Gasteiger partial charge >= 0.3 is 0 Å². The van der Waals surface area contributed by atoms with Crippen LogP contribution in [0.3, 0.4) is 0 Å². The Balaban J connectivity index is 1.62. The maximum absolute atomic E-state index is 6.32. The Hall–Kier alpha value is -1.80. The monoisotopic (exact) mass is 500 g/mol. The summed E-state index contributed by atoms with van der Waals surface area (Å²) < 4.78 is 37.2. The van der Waals surface area contributed by atoms with Crippen molar-refractivity contribution in [1.82, 2.24) is 0 Å². The fourth-order valence-electron chi connectivity index (χ4n) is 3.85. The highest BCUT2D eigenvalue weighted by Gasteiger charge is 2.39. The van der Waals surface area contributed by atoms with Gasteiger partial charge < -0.3 is 28.4 Å². The third-order valence-corrected chi connectivity index (χ3v) is 6.82. The van der Waals surface area contributed by atoms with Crippen molar-refractivity contribution in [2.45, 2.75) is 77.2 Å². The summed E-state index contributed by atoms with van der Waals surface area (Å²) >= 11 is 0. The van der Waals surface area contributed by atoms with Crippen LogP contribution in [0.15, 0.2) is 60.7 Å². The number of hydrogen-bond donors (Lipinski definition) is 0. The summed E-state index contributed by atoms with van der Waals surface area (Å²) in [5.74, 6) is 0. The normalized spacial score (nSPS) is 23.6. The number of benzene rings is 2. The zero-order valence-corrected chi connectivity index (χ0v) is 22.4. The van der Waals surface area contributed by atoms with Crippen molar-refractivity contribution < 1.29 is 28.4 Å². The van der Waals surface area contributed by atoms with Crippen LogP contribution in [0.25, 0.3) is 0 Å². The first-order valence-corrected chi connectivity index (χ1v) is 13.1. The van der Waals surface area contributed by atoms with Gasteiger partial charge in [0.1, 0.15) is 12.2 Å². The van der Waals surface area contributed by atoms with Gasteiger partial charge in [-0.25, -0.2) is 0 Å². The van der Waals surface area contributed by atoms with E-state index in [1.54, 1.807) is 0 Å². The van der Waals surface area contributed by atoms with E-state index in [1.807, 2.05) is 36.4 Å². The summed E-state index contributed by atoms with van der Waals surface area (Å²) in [5, 5.41) is 0. The predicted octanol–water partition coefficient (Wildman–Crippen LogP) is 5.57. The van der Waals surface area contributed by atoms with Crippen LogP contribution in [-0.2, 0) is 41.6 Å². The van der Waals surface area contributed by atoms with Crippen molar-refractivity contribution in [2.75, 3.05) is 39.6 Å². The molecular formula is C30H44O6. The van der Waals surface area contributed by atoms with Crippen LogP contribution in [0.1, 0.15) is 51.7 Å². The first-order chi connectivity index (χ1) is 17.4. The van der Waals surface area contributed by atoms with E-state index in [1.165, 1.54) is 0 Å². The molecule has 0 amide bonds. The lowest BCUT2D eigenvalue weighted by molar-refractivity contribution is -0.187. The van der Waals surface area contributed by atoms with Gasteiger partial charge in [-0.2, -0.15) is 0 Å². The Bertz CT molecular complexity index is 768. The van der Waals surface area contributed by atoms with Gasteiger partial charge in [0.15, 0.2) is 0 Å². The Morgan fingerprint density at radius 1 is 0.611 bits per heavy atom. The molecule has 0 aromatic heterocycles. The van der Waals surface area contributed by atoms with Crippen molar-refractivity contribution >= 4 is 0 Å². The van der Waals surface area contributed by atoms with E-state index >= 15 is 0 Å². The number of rotatable bonds is 8. The van der Waals surface area contributed by atoms with Crippen LogP contribution >= 0.6 is 0 Å². The van der Waals surface area contributed by atoms with E-state index in [2.05, 4.69) is 52.0 Å². The SMILES string of the molecule is CC1(C)OCCCO[C@@H](COCc2ccccc2)[C@H](COCc2ccccc2)OCCCOC1(C)C. The fourth-order valence-corrected chi connectivity index (χ4v) is 3.85. The molecule has 1 heterocycles. The molecule has 1 aliphatic rings. The molecule has 0 aliphatic carbocycles. The van der Waals surface area contributed by atoms with Gasteiger partial charge in [0, 0.05) is 26.4 Å². The topological polar surface area (TPSA) is 55.4 Å². The predicted molar refractivity (Wildman–Crippen MR) is 141 cm³/mol. The van der Waals surface area contributed by atoms with Crippen LogP contribution in [-0.4, -0.2) is 63.1 Å². The molecule has 36 heavy (non-hydrogen) atoms. The van der Waals surface area contributed by atoms with Crippen LogP contribution in [0.5, 0.6) is 0 Å². The van der Waals surface area contributed by atoms with Crippen molar-refractivity contribution in [3.8, 4) is 0 Å². The van der Waals surface area contributed by atoms with Gasteiger partial charge in [-0.15, -0.1) is 0 Å². The van der Waals surface area contributed by atoms with Crippen molar-refractivity contribution in [3.05, 3.63) is 71.8 Å². The van der Waals surface area contributed by atoms with Crippen LogP contribution in [0, 0.1) is 0 Å². The summed E-state index contributed by atoms with van der Waals surface area (Å²) in [5.41, 5.74) is 1.44. The van der Waals surface area contributed by atoms with E-state index < -0.39 is 11.2 Å². The summed E-state index contributed by atoms with van der Waals surface area (Å²) in [4.78, 5) is 0. The molecule has 200 valence electrons. The second-order valence-corrected chi connectivity index (χ2v) is 10.2. The molecule has 3 rings (SSSR count). The van der Waals surface area contributed by atoms with Gasteiger partial charge in [-0.1, -0.05) is 60.7 Å². The van der Waals surface area contributed by atoms with Gasteiger partial charge in [0.05, 0.1) is 37.6 Å². The fraction of sp³-hybridized carbons (Fsp3) is 0.600. The van der Waals surface area contributed by atoms with Crippen LogP contribution in [0.2, 0.25) is 0 Å². The van der Waals surface area contributed by atoms with Gasteiger partial charge in [-0.3, -0.25) is 0 Å². The zero-order chi connectivity index (χ0) is 25.7. The molecule has 1 fully saturated rings. The highest BCUT2D eigenvalue weighted by molar-refractivity contribution is 5.14. The Morgan fingerprint density at radius 3 is 1.39 bits per heavy atom. The molecule has 2 aromatic carbocycles. The highest BCUT2D eigenvalue weighted by atomic mass is 16.6. The Morgan fingerprint density at radius 2 is 1.00 bits per heavy atom. The molecule has 0 radical (unpaired) electrons. The molecule has 0 N–H and O–H groups in total. The molecule has 0 saturated carbocycles. The minimum Gasteiger partial charge on any atom is -0.374 e. The lowest BCUT2D eigenvalue weighted by Gasteiger charge is -2.41. The first-order valence-electron chi connectivity index (χ1n) is 13.1. The maximum Gasteiger partial charge on any atom is 0.109 e. The molecule has 1 aliphatic heterocycles. The molecular weight excluding hydrogens is 456 g/mol. The molecule has 0 bridgehead atoms. The minimum absolute atomic E-state index is 0.252.